The fraction of sp³-hybridized carbons (Fsp3) is 1.00. The van der Waals surface area contributed by atoms with Crippen molar-refractivity contribution in [1.82, 2.24) is 0 Å². The minimum atomic E-state index is -3.73. The van der Waals surface area contributed by atoms with Gasteiger partial charge in [-0.25, -0.2) is 5.26 Å². The molecule has 0 heterocycles. The van der Waals surface area contributed by atoms with Gasteiger partial charge in [0.05, 0.1) is 0 Å². The molecule has 0 fully saturated rings. The minimum Gasteiger partial charge on any atom is -0.350 e. The van der Waals surface area contributed by atoms with Gasteiger partial charge in [0.1, 0.15) is 0 Å². The van der Waals surface area contributed by atoms with E-state index in [1.807, 2.05) is 0 Å². The lowest BCUT2D eigenvalue weighted by molar-refractivity contribution is -0.335. The molecule has 2 N–H and O–H groups in total. The van der Waals surface area contributed by atoms with Crippen LogP contribution in [0.4, 0.5) is 0 Å². The lowest BCUT2D eigenvalue weighted by Crippen LogP contribution is -2.18. The number of unbranched alkanes of at least 4 members (excludes halogenated alkanes) is 5. The van der Waals surface area contributed by atoms with Gasteiger partial charge in [-0.1, -0.05) is 46.0 Å². The molecule has 0 amide bonds. The van der Waals surface area contributed by atoms with Gasteiger partial charge in [-0.2, -0.15) is 9.56 Å². The molecular formula is C12H27O6PS. The molecule has 0 saturated carbocycles. The summed E-state index contributed by atoms with van der Waals surface area (Å²) in [4.78, 5) is 14.2. The minimum absolute atomic E-state index is 0.564. The lowest BCUT2D eigenvalue weighted by Gasteiger charge is -2.19. The van der Waals surface area contributed by atoms with Crippen LogP contribution in [0.25, 0.3) is 0 Å². The number of hydrogen-bond acceptors (Lipinski definition) is 6. The highest BCUT2D eigenvalue weighted by Crippen LogP contribution is 2.43. The molecular weight excluding hydrogens is 303 g/mol. The third-order valence-electron chi connectivity index (χ3n) is 2.69. The maximum Gasteiger partial charge on any atom is 0.380 e. The zero-order valence-electron chi connectivity index (χ0n) is 12.3. The predicted molar refractivity (Wildman–Crippen MR) is 80.4 cm³/mol. The molecule has 0 bridgehead atoms. The van der Waals surface area contributed by atoms with Gasteiger partial charge in [0.25, 0.3) is 0 Å². The fourth-order valence-corrected chi connectivity index (χ4v) is 1.92. The van der Waals surface area contributed by atoms with Crippen molar-refractivity contribution in [3.05, 3.63) is 0 Å². The Hall–Kier alpha value is 0.410. The van der Waals surface area contributed by atoms with Crippen molar-refractivity contribution in [3.8, 4) is 0 Å². The maximum absolute atomic E-state index is 9.24. The van der Waals surface area contributed by atoms with Crippen LogP contribution in [0.15, 0.2) is 0 Å². The summed E-state index contributed by atoms with van der Waals surface area (Å²) in [5.74, 6) is 0. The number of rotatable bonds is 14. The Morgan fingerprint density at radius 1 is 1.05 bits per heavy atom. The summed E-state index contributed by atoms with van der Waals surface area (Å²) in [6.45, 7) is 1.08. The van der Waals surface area contributed by atoms with E-state index in [9.17, 15) is 4.89 Å². The van der Waals surface area contributed by atoms with E-state index >= 15 is 0 Å². The molecule has 0 aliphatic rings. The van der Waals surface area contributed by atoms with Crippen LogP contribution >= 0.6 is 6.72 Å². The lowest BCUT2D eigenvalue weighted by atomic mass is 10.2. The fourth-order valence-electron chi connectivity index (χ4n) is 1.58. The summed E-state index contributed by atoms with van der Waals surface area (Å²) in [6, 6.07) is 0. The molecule has 0 aliphatic heterocycles. The Balaban J connectivity index is 3.96. The Morgan fingerprint density at radius 2 is 1.70 bits per heavy atom. The van der Waals surface area contributed by atoms with E-state index in [2.05, 4.69) is 35.0 Å². The predicted octanol–water partition coefficient (Wildman–Crippen LogP) is 4.14. The van der Waals surface area contributed by atoms with Gasteiger partial charge in [0.15, 0.2) is 6.29 Å². The van der Waals surface area contributed by atoms with Gasteiger partial charge in [0.2, 0.25) is 0 Å². The Kier molecular flexibility index (Phi) is 13.4. The Morgan fingerprint density at radius 3 is 2.30 bits per heavy atom. The first-order chi connectivity index (χ1) is 9.55. The van der Waals surface area contributed by atoms with Crippen molar-refractivity contribution in [2.24, 2.45) is 0 Å². The molecule has 6 nitrogen and oxygen atoms in total. The molecule has 0 rings (SSSR count). The first-order valence-corrected chi connectivity index (χ1v) is 9.77. The highest BCUT2D eigenvalue weighted by Gasteiger charge is 2.20. The molecule has 2 unspecified atom stereocenters. The van der Waals surface area contributed by atoms with E-state index in [1.165, 1.54) is 12.8 Å². The molecule has 0 aliphatic carbocycles. The zero-order valence-corrected chi connectivity index (χ0v) is 14.0. The number of ether oxygens (including phenoxy) is 1. The topological polar surface area (TPSA) is 77.4 Å². The summed E-state index contributed by atoms with van der Waals surface area (Å²) in [5, 5.41) is 8.34. The van der Waals surface area contributed by atoms with Crippen LogP contribution in [-0.2, 0) is 30.8 Å². The van der Waals surface area contributed by atoms with E-state index in [-0.39, 0.29) is 0 Å². The summed E-state index contributed by atoms with van der Waals surface area (Å²) in [5.41, 5.74) is 0. The van der Waals surface area contributed by atoms with Crippen LogP contribution in [0, 0.1) is 0 Å². The molecule has 0 aromatic rings. The van der Waals surface area contributed by atoms with Gasteiger partial charge in [-0.05, 0) is 24.6 Å². The summed E-state index contributed by atoms with van der Waals surface area (Å²) >= 11 is 4.46. The molecule has 2 atom stereocenters. The summed E-state index contributed by atoms with van der Waals surface area (Å²) in [7, 11) is 0. The largest absolute Gasteiger partial charge is 0.380 e. The molecule has 0 aromatic carbocycles. The maximum atomic E-state index is 9.24. The molecule has 0 spiro atoms. The Bertz CT molecular complexity index is 266. The first-order valence-electron chi connectivity index (χ1n) is 7.18. The van der Waals surface area contributed by atoms with Crippen molar-refractivity contribution < 1.29 is 29.1 Å². The summed E-state index contributed by atoms with van der Waals surface area (Å²) in [6.07, 6.45) is 7.51. The van der Waals surface area contributed by atoms with Gasteiger partial charge in [0, 0.05) is 13.0 Å². The SMILES string of the molecule is CCCCCCOC(CCCCC)OOP(O)(=S)OO. The second kappa shape index (κ2) is 13.1. The average Bonchev–Trinajstić information content (AvgIpc) is 2.44. The van der Waals surface area contributed by atoms with Crippen LogP contribution in [-0.4, -0.2) is 23.0 Å². The molecule has 0 radical (unpaired) electrons. The highest BCUT2D eigenvalue weighted by molar-refractivity contribution is 8.07. The van der Waals surface area contributed by atoms with Gasteiger partial charge in [-0.3, -0.25) is 0 Å². The van der Waals surface area contributed by atoms with E-state index in [0.717, 1.165) is 32.1 Å². The summed E-state index contributed by atoms with van der Waals surface area (Å²) < 4.78 is 13.7. The zero-order chi connectivity index (χ0) is 15.3. The molecule has 8 heteroatoms. The molecule has 20 heavy (non-hydrogen) atoms. The third-order valence-corrected chi connectivity index (χ3v) is 3.56. The molecule has 0 saturated heterocycles. The first kappa shape index (κ1) is 20.4. The van der Waals surface area contributed by atoms with E-state index in [4.69, 9.17) is 14.9 Å². The van der Waals surface area contributed by atoms with Gasteiger partial charge in [-0.15, -0.1) is 4.67 Å². The van der Waals surface area contributed by atoms with Crippen LogP contribution in [0.2, 0.25) is 0 Å². The van der Waals surface area contributed by atoms with Crippen molar-refractivity contribution in [2.75, 3.05) is 6.61 Å². The van der Waals surface area contributed by atoms with Crippen LogP contribution in [0.5, 0.6) is 0 Å². The second-order valence-corrected chi connectivity index (χ2v) is 7.21. The van der Waals surface area contributed by atoms with E-state index in [1.54, 1.807) is 0 Å². The van der Waals surface area contributed by atoms with Crippen LogP contribution in [0.3, 0.4) is 0 Å². The third kappa shape index (κ3) is 12.2. The highest BCUT2D eigenvalue weighted by atomic mass is 32.5. The van der Waals surface area contributed by atoms with Crippen molar-refractivity contribution >= 4 is 18.5 Å². The van der Waals surface area contributed by atoms with Crippen molar-refractivity contribution in [3.63, 3.8) is 0 Å². The average molecular weight is 330 g/mol. The standard InChI is InChI=1S/C12H27O6PS/c1-3-5-7-9-11-15-12(10-8-6-4-2)16-18-19(14,20)17-13/h12-13H,3-11H2,1-2H3,(H,14,20). The van der Waals surface area contributed by atoms with Crippen molar-refractivity contribution in [1.29, 1.82) is 0 Å². The normalized spacial score (nSPS) is 16.0. The quantitative estimate of drug-likeness (QED) is 0.163. The molecule has 122 valence electrons. The monoisotopic (exact) mass is 330 g/mol. The van der Waals surface area contributed by atoms with Gasteiger partial charge >= 0.3 is 6.72 Å². The number of hydrogen-bond donors (Lipinski definition) is 2. The van der Waals surface area contributed by atoms with Crippen LogP contribution in [0.1, 0.15) is 65.2 Å². The Labute approximate surface area is 126 Å². The second-order valence-electron chi connectivity index (χ2n) is 4.58. The molecule has 0 aromatic heterocycles. The van der Waals surface area contributed by atoms with Crippen molar-refractivity contribution in [2.45, 2.75) is 71.5 Å². The van der Waals surface area contributed by atoms with E-state index < -0.39 is 13.0 Å². The van der Waals surface area contributed by atoms with Gasteiger partial charge < -0.3 is 9.63 Å². The smallest absolute Gasteiger partial charge is 0.350 e. The van der Waals surface area contributed by atoms with Crippen LogP contribution < -0.4 is 0 Å². The van der Waals surface area contributed by atoms with E-state index in [0.29, 0.717) is 13.0 Å².